The summed E-state index contributed by atoms with van der Waals surface area (Å²) < 4.78 is 0. The van der Waals surface area contributed by atoms with E-state index in [4.69, 9.17) is 23.1 Å². The number of carboxylic acid groups (broad SMARTS) is 1. The largest absolute Gasteiger partial charge is 0.476 e. The first-order valence-electron chi connectivity index (χ1n) is 4.03. The maximum Gasteiger partial charge on any atom is 0.356 e. The van der Waals surface area contributed by atoms with Crippen molar-refractivity contribution in [1.82, 2.24) is 9.97 Å². The standard InChI is InChI=1S/C9H8ClN3O2/c1-3-5(2)12-9-11-4-6(10)7(13-9)8(14)15/h1,4-5H,2H3,(H,14,15)(H,11,12,13). The highest BCUT2D eigenvalue weighted by Crippen LogP contribution is 2.14. The second kappa shape index (κ2) is 4.62. The van der Waals surface area contributed by atoms with Gasteiger partial charge in [-0.3, -0.25) is 0 Å². The number of halogens is 1. The van der Waals surface area contributed by atoms with Crippen LogP contribution in [-0.4, -0.2) is 27.1 Å². The molecule has 1 atom stereocenters. The number of hydrogen-bond donors (Lipinski definition) is 2. The van der Waals surface area contributed by atoms with Gasteiger partial charge in [0.15, 0.2) is 5.69 Å². The SMILES string of the molecule is C#CC(C)Nc1ncc(Cl)c(C(=O)O)n1. The molecule has 0 radical (unpaired) electrons. The van der Waals surface area contributed by atoms with Crippen LogP contribution in [0.5, 0.6) is 0 Å². The van der Waals surface area contributed by atoms with Gasteiger partial charge in [0.05, 0.1) is 17.3 Å². The number of terminal acetylenes is 1. The molecule has 0 aliphatic heterocycles. The Balaban J connectivity index is 2.99. The van der Waals surface area contributed by atoms with E-state index in [-0.39, 0.29) is 22.7 Å². The Morgan fingerprint density at radius 3 is 3.00 bits per heavy atom. The number of hydrogen-bond acceptors (Lipinski definition) is 4. The van der Waals surface area contributed by atoms with Crippen molar-refractivity contribution < 1.29 is 9.90 Å². The molecule has 0 fully saturated rings. The van der Waals surface area contributed by atoms with Crippen LogP contribution in [0.3, 0.4) is 0 Å². The van der Waals surface area contributed by atoms with E-state index in [1.54, 1.807) is 6.92 Å². The van der Waals surface area contributed by atoms with Gasteiger partial charge < -0.3 is 10.4 Å². The van der Waals surface area contributed by atoms with Gasteiger partial charge in [0.1, 0.15) is 0 Å². The van der Waals surface area contributed by atoms with E-state index in [9.17, 15) is 4.79 Å². The van der Waals surface area contributed by atoms with E-state index < -0.39 is 5.97 Å². The van der Waals surface area contributed by atoms with Crippen LogP contribution in [0.15, 0.2) is 6.20 Å². The smallest absolute Gasteiger partial charge is 0.356 e. The molecule has 2 N–H and O–H groups in total. The van der Waals surface area contributed by atoms with Crippen molar-refractivity contribution in [3.05, 3.63) is 16.9 Å². The Kier molecular flexibility index (Phi) is 3.47. The molecular formula is C9H8ClN3O2. The molecule has 15 heavy (non-hydrogen) atoms. The summed E-state index contributed by atoms with van der Waals surface area (Å²) in [5.74, 6) is 1.34. The van der Waals surface area contributed by atoms with Gasteiger partial charge in [-0.2, -0.15) is 0 Å². The molecule has 1 aromatic heterocycles. The van der Waals surface area contributed by atoms with Crippen molar-refractivity contribution >= 4 is 23.5 Å². The first-order valence-corrected chi connectivity index (χ1v) is 4.41. The van der Waals surface area contributed by atoms with Gasteiger partial charge in [0, 0.05) is 0 Å². The first-order chi connectivity index (χ1) is 7.04. The van der Waals surface area contributed by atoms with Crippen molar-refractivity contribution in [1.29, 1.82) is 0 Å². The van der Waals surface area contributed by atoms with E-state index in [1.807, 2.05) is 0 Å². The molecule has 0 amide bonds. The Morgan fingerprint density at radius 2 is 2.47 bits per heavy atom. The number of anilines is 1. The average Bonchev–Trinajstić information content (AvgIpc) is 2.20. The highest BCUT2D eigenvalue weighted by molar-refractivity contribution is 6.33. The minimum atomic E-state index is -1.21. The maximum absolute atomic E-state index is 10.7. The van der Waals surface area contributed by atoms with Crippen molar-refractivity contribution in [3.63, 3.8) is 0 Å². The summed E-state index contributed by atoms with van der Waals surface area (Å²) in [6.45, 7) is 1.72. The number of nitrogens with zero attached hydrogens (tertiary/aromatic N) is 2. The van der Waals surface area contributed by atoms with Gasteiger partial charge in [-0.15, -0.1) is 6.42 Å². The number of nitrogens with one attached hydrogen (secondary N) is 1. The fourth-order valence-electron chi connectivity index (χ4n) is 0.822. The zero-order valence-corrected chi connectivity index (χ0v) is 8.62. The molecule has 0 saturated carbocycles. The molecule has 6 heteroatoms. The van der Waals surface area contributed by atoms with Crippen LogP contribution >= 0.6 is 11.6 Å². The van der Waals surface area contributed by atoms with Gasteiger partial charge in [-0.25, -0.2) is 14.8 Å². The van der Waals surface area contributed by atoms with Gasteiger partial charge in [0.25, 0.3) is 0 Å². The Hall–Kier alpha value is -1.80. The van der Waals surface area contributed by atoms with Gasteiger partial charge in [0.2, 0.25) is 5.95 Å². The molecule has 0 saturated heterocycles. The van der Waals surface area contributed by atoms with Gasteiger partial charge in [-0.1, -0.05) is 17.5 Å². The molecule has 0 aliphatic rings. The van der Waals surface area contributed by atoms with E-state index in [0.29, 0.717) is 0 Å². The molecule has 0 spiro atoms. The highest BCUT2D eigenvalue weighted by Gasteiger charge is 2.12. The summed E-state index contributed by atoms with van der Waals surface area (Å²) in [4.78, 5) is 18.2. The van der Waals surface area contributed by atoms with Crippen LogP contribution in [0, 0.1) is 12.3 Å². The van der Waals surface area contributed by atoms with Gasteiger partial charge >= 0.3 is 5.97 Å². The summed E-state index contributed by atoms with van der Waals surface area (Å²) in [6, 6.07) is -0.284. The molecule has 1 heterocycles. The summed E-state index contributed by atoms with van der Waals surface area (Å²) in [5.41, 5.74) is -0.251. The molecular weight excluding hydrogens is 218 g/mol. The first kappa shape index (κ1) is 11.3. The van der Waals surface area contributed by atoms with Crippen molar-refractivity contribution in [3.8, 4) is 12.3 Å². The summed E-state index contributed by atoms with van der Waals surface area (Å²) in [7, 11) is 0. The Bertz CT molecular complexity index is 428. The molecule has 1 unspecified atom stereocenters. The molecule has 78 valence electrons. The van der Waals surface area contributed by atoms with E-state index in [1.165, 1.54) is 6.20 Å². The number of aromatic carboxylic acids is 1. The average molecular weight is 226 g/mol. The fourth-order valence-corrected chi connectivity index (χ4v) is 0.994. The fraction of sp³-hybridized carbons (Fsp3) is 0.222. The summed E-state index contributed by atoms with van der Waals surface area (Å²) >= 11 is 5.59. The van der Waals surface area contributed by atoms with Crippen LogP contribution < -0.4 is 5.32 Å². The van der Waals surface area contributed by atoms with E-state index in [0.717, 1.165) is 0 Å². The lowest BCUT2D eigenvalue weighted by atomic mass is 10.3. The molecule has 0 aliphatic carbocycles. The third-order valence-electron chi connectivity index (χ3n) is 1.54. The van der Waals surface area contributed by atoms with Gasteiger partial charge in [-0.05, 0) is 6.92 Å². The lowest BCUT2D eigenvalue weighted by molar-refractivity contribution is 0.0690. The number of aromatic nitrogens is 2. The number of carbonyl (C=O) groups is 1. The topological polar surface area (TPSA) is 75.1 Å². The van der Waals surface area contributed by atoms with Crippen LogP contribution in [0.25, 0.3) is 0 Å². The highest BCUT2D eigenvalue weighted by atomic mass is 35.5. The minimum Gasteiger partial charge on any atom is -0.476 e. The normalized spacial score (nSPS) is 11.5. The Labute approximate surface area is 91.5 Å². The molecule has 1 aromatic rings. The van der Waals surface area contributed by atoms with E-state index in [2.05, 4.69) is 21.2 Å². The van der Waals surface area contributed by atoms with Crippen molar-refractivity contribution in [2.75, 3.05) is 5.32 Å². The quantitative estimate of drug-likeness (QED) is 0.758. The van der Waals surface area contributed by atoms with Crippen LogP contribution in [0.4, 0.5) is 5.95 Å². The lowest BCUT2D eigenvalue weighted by Crippen LogP contribution is -2.16. The predicted octanol–water partition coefficient (Wildman–Crippen LogP) is 1.26. The van der Waals surface area contributed by atoms with E-state index >= 15 is 0 Å². The monoisotopic (exact) mass is 225 g/mol. The van der Waals surface area contributed by atoms with Crippen LogP contribution in [0.2, 0.25) is 5.02 Å². The molecule has 1 rings (SSSR count). The van der Waals surface area contributed by atoms with Crippen LogP contribution in [-0.2, 0) is 0 Å². The third-order valence-corrected chi connectivity index (χ3v) is 1.82. The molecule has 0 bridgehead atoms. The minimum absolute atomic E-state index is 0.0126. The maximum atomic E-state index is 10.7. The second-order valence-electron chi connectivity index (χ2n) is 2.73. The molecule has 5 nitrogen and oxygen atoms in total. The number of carboxylic acids is 1. The number of rotatable bonds is 3. The van der Waals surface area contributed by atoms with Crippen LogP contribution in [0.1, 0.15) is 17.4 Å². The van der Waals surface area contributed by atoms with Crippen molar-refractivity contribution in [2.45, 2.75) is 13.0 Å². The molecule has 0 aromatic carbocycles. The lowest BCUT2D eigenvalue weighted by Gasteiger charge is -2.07. The second-order valence-corrected chi connectivity index (χ2v) is 3.14. The zero-order chi connectivity index (χ0) is 11.4. The predicted molar refractivity (Wildman–Crippen MR) is 55.9 cm³/mol. The summed E-state index contributed by atoms with van der Waals surface area (Å²) in [5, 5.41) is 11.5. The zero-order valence-electron chi connectivity index (χ0n) is 7.86. The van der Waals surface area contributed by atoms with Crippen molar-refractivity contribution in [2.24, 2.45) is 0 Å². The Morgan fingerprint density at radius 1 is 1.80 bits per heavy atom. The summed E-state index contributed by atoms with van der Waals surface area (Å²) in [6.07, 6.45) is 6.35. The third kappa shape index (κ3) is 2.82.